The van der Waals surface area contributed by atoms with E-state index in [4.69, 9.17) is 18.9 Å². The van der Waals surface area contributed by atoms with Gasteiger partial charge >= 0.3 is 0 Å². The van der Waals surface area contributed by atoms with Gasteiger partial charge in [-0.15, -0.1) is 0 Å². The molecule has 0 saturated carbocycles. The number of ether oxygens (including phenoxy) is 4. The van der Waals surface area contributed by atoms with Gasteiger partial charge in [0.25, 0.3) is 20.0 Å². The standard InChI is InChI=1S/C43H42N6O10S2/c1-56-33-18-19-38(57-2)36(26-33)48(60(52,53)34-13-7-5-8-14-34)28-42(50)46-31-20-22-44-32(25-31)23-30-24-40(59-4)37(27-39(30)58-3)49(61(54,55)35-15-9-6-10-16-35)29-43(51)47-41-17-11-12-21-45-41/h5-22,24-27H,23,28-29H2,1-4H3,(H,44,46,50)(H,45,47,51). The minimum Gasteiger partial charge on any atom is -0.497 e. The first kappa shape index (κ1) is 43.4. The molecule has 61 heavy (non-hydrogen) atoms. The molecule has 4 aromatic carbocycles. The Morgan fingerprint density at radius 3 is 1.69 bits per heavy atom. The lowest BCUT2D eigenvalue weighted by Crippen LogP contribution is -2.38. The van der Waals surface area contributed by atoms with Crippen molar-refractivity contribution in [3.05, 3.63) is 145 Å². The largest absolute Gasteiger partial charge is 0.497 e. The van der Waals surface area contributed by atoms with Gasteiger partial charge in [-0.05, 0) is 66.7 Å². The number of carbonyl (C=O) groups excluding carboxylic acids is 2. The van der Waals surface area contributed by atoms with Gasteiger partial charge in [0, 0.05) is 47.9 Å². The van der Waals surface area contributed by atoms with E-state index in [1.165, 1.54) is 77.2 Å². The molecule has 0 unspecified atom stereocenters. The molecule has 2 aromatic heterocycles. The summed E-state index contributed by atoms with van der Waals surface area (Å²) in [5.74, 6) is -0.186. The van der Waals surface area contributed by atoms with E-state index in [9.17, 15) is 26.4 Å². The number of pyridine rings is 2. The zero-order valence-electron chi connectivity index (χ0n) is 33.5. The molecule has 0 saturated heterocycles. The van der Waals surface area contributed by atoms with E-state index in [0.717, 1.165) is 8.61 Å². The molecule has 0 aliphatic rings. The van der Waals surface area contributed by atoms with Gasteiger partial charge in [-0.2, -0.15) is 0 Å². The Labute approximate surface area is 353 Å². The number of hydrogen-bond donors (Lipinski definition) is 2. The Kier molecular flexibility index (Phi) is 13.7. The monoisotopic (exact) mass is 866 g/mol. The van der Waals surface area contributed by atoms with Crippen LogP contribution in [0.3, 0.4) is 0 Å². The van der Waals surface area contributed by atoms with Crippen molar-refractivity contribution in [3.63, 3.8) is 0 Å². The van der Waals surface area contributed by atoms with Gasteiger partial charge in [0.2, 0.25) is 11.8 Å². The van der Waals surface area contributed by atoms with E-state index < -0.39 is 45.0 Å². The molecule has 2 heterocycles. The molecule has 0 atom stereocenters. The van der Waals surface area contributed by atoms with Crippen LogP contribution in [0.1, 0.15) is 11.3 Å². The van der Waals surface area contributed by atoms with Crippen LogP contribution in [0.2, 0.25) is 0 Å². The van der Waals surface area contributed by atoms with Crippen molar-refractivity contribution in [2.45, 2.75) is 16.2 Å². The van der Waals surface area contributed by atoms with Crippen LogP contribution in [0.15, 0.2) is 144 Å². The number of carbonyl (C=O) groups is 2. The molecule has 6 rings (SSSR count). The van der Waals surface area contributed by atoms with Crippen LogP contribution in [0, 0.1) is 0 Å². The molecule has 6 aromatic rings. The molecule has 0 spiro atoms. The normalized spacial score (nSPS) is 11.2. The van der Waals surface area contributed by atoms with Gasteiger partial charge in [0.05, 0.1) is 49.6 Å². The number of rotatable bonds is 18. The molecule has 2 N–H and O–H groups in total. The molecule has 0 aliphatic heterocycles. The molecule has 0 fully saturated rings. The zero-order chi connectivity index (χ0) is 43.6. The van der Waals surface area contributed by atoms with Gasteiger partial charge in [-0.25, -0.2) is 21.8 Å². The SMILES string of the molecule is COc1ccc(OC)c(N(CC(=O)Nc2ccnc(Cc3cc(OC)c(N(CC(=O)Nc4ccccn4)S(=O)(=O)c4ccccc4)cc3OC)c2)S(=O)(=O)c2ccccc2)c1. The molecule has 316 valence electrons. The molecular weight excluding hydrogens is 825 g/mol. The van der Waals surface area contributed by atoms with Crippen LogP contribution < -0.4 is 38.2 Å². The summed E-state index contributed by atoms with van der Waals surface area (Å²) in [7, 11) is -3.02. The zero-order valence-corrected chi connectivity index (χ0v) is 35.1. The van der Waals surface area contributed by atoms with Crippen molar-refractivity contribution in [1.29, 1.82) is 0 Å². The van der Waals surface area contributed by atoms with Crippen molar-refractivity contribution in [3.8, 4) is 23.0 Å². The van der Waals surface area contributed by atoms with E-state index in [-0.39, 0.29) is 50.7 Å². The summed E-state index contributed by atoms with van der Waals surface area (Å²) >= 11 is 0. The Balaban J connectivity index is 1.29. The van der Waals surface area contributed by atoms with E-state index in [1.807, 2.05) is 0 Å². The maximum Gasteiger partial charge on any atom is 0.264 e. The van der Waals surface area contributed by atoms with Crippen LogP contribution >= 0.6 is 0 Å². The lowest BCUT2D eigenvalue weighted by Gasteiger charge is -2.27. The topological polar surface area (TPSA) is 196 Å². The second-order valence-electron chi connectivity index (χ2n) is 13.0. The van der Waals surface area contributed by atoms with Crippen LogP contribution in [-0.2, 0) is 36.1 Å². The maximum absolute atomic E-state index is 14.2. The summed E-state index contributed by atoms with van der Waals surface area (Å²) in [6, 6.07) is 31.1. The lowest BCUT2D eigenvalue weighted by atomic mass is 10.1. The fourth-order valence-electron chi connectivity index (χ4n) is 6.24. The van der Waals surface area contributed by atoms with Crippen LogP contribution in [0.25, 0.3) is 0 Å². The van der Waals surface area contributed by atoms with Crippen LogP contribution in [0.4, 0.5) is 22.9 Å². The van der Waals surface area contributed by atoms with Gasteiger partial charge in [-0.3, -0.25) is 23.2 Å². The van der Waals surface area contributed by atoms with Crippen molar-refractivity contribution in [1.82, 2.24) is 9.97 Å². The minimum atomic E-state index is -4.34. The third-order valence-corrected chi connectivity index (χ3v) is 12.7. The Morgan fingerprint density at radius 1 is 0.557 bits per heavy atom. The summed E-state index contributed by atoms with van der Waals surface area (Å²) in [6.45, 7) is -1.27. The number of hydrogen-bond acceptors (Lipinski definition) is 12. The Bertz CT molecular complexity index is 2710. The fraction of sp³-hybridized carbons (Fsp3) is 0.163. The molecule has 2 amide bonds. The number of benzene rings is 4. The van der Waals surface area contributed by atoms with Crippen molar-refractivity contribution in [2.24, 2.45) is 0 Å². The fourth-order valence-corrected chi connectivity index (χ4v) is 9.13. The van der Waals surface area contributed by atoms with E-state index in [0.29, 0.717) is 22.7 Å². The van der Waals surface area contributed by atoms with Gasteiger partial charge in [-0.1, -0.05) is 42.5 Å². The highest BCUT2D eigenvalue weighted by Crippen LogP contribution is 2.39. The number of nitrogens with one attached hydrogen (secondary N) is 2. The summed E-state index contributed by atoms with van der Waals surface area (Å²) in [6.07, 6.45) is 3.08. The predicted octanol–water partition coefficient (Wildman–Crippen LogP) is 5.77. The van der Waals surface area contributed by atoms with E-state index in [2.05, 4.69) is 20.6 Å². The van der Waals surface area contributed by atoms with Crippen molar-refractivity contribution >= 4 is 54.7 Å². The first-order chi connectivity index (χ1) is 29.4. The summed E-state index contributed by atoms with van der Waals surface area (Å²) in [4.78, 5) is 35.5. The first-order valence-corrected chi connectivity index (χ1v) is 21.3. The number of aromatic nitrogens is 2. The predicted molar refractivity (Wildman–Crippen MR) is 230 cm³/mol. The third-order valence-electron chi connectivity index (χ3n) is 9.15. The highest BCUT2D eigenvalue weighted by molar-refractivity contribution is 7.93. The highest BCUT2D eigenvalue weighted by atomic mass is 32.2. The summed E-state index contributed by atoms with van der Waals surface area (Å²) < 4.78 is 80.6. The second-order valence-corrected chi connectivity index (χ2v) is 16.8. The molecule has 16 nitrogen and oxygen atoms in total. The van der Waals surface area contributed by atoms with Gasteiger partial charge in [0.15, 0.2) is 0 Å². The van der Waals surface area contributed by atoms with E-state index in [1.54, 1.807) is 84.9 Å². The molecular formula is C43H42N6O10S2. The average Bonchev–Trinajstić information content (AvgIpc) is 3.28. The molecule has 18 heteroatoms. The van der Waals surface area contributed by atoms with Gasteiger partial charge < -0.3 is 29.6 Å². The van der Waals surface area contributed by atoms with E-state index >= 15 is 0 Å². The third kappa shape index (κ3) is 10.2. The van der Waals surface area contributed by atoms with Crippen molar-refractivity contribution < 1.29 is 45.4 Å². The number of sulfonamides is 2. The van der Waals surface area contributed by atoms with Crippen LogP contribution in [0.5, 0.6) is 23.0 Å². The van der Waals surface area contributed by atoms with Crippen molar-refractivity contribution in [2.75, 3.05) is 60.8 Å². The highest BCUT2D eigenvalue weighted by Gasteiger charge is 2.32. The quantitative estimate of drug-likeness (QED) is 0.106. The number of amides is 2. The van der Waals surface area contributed by atoms with Crippen LogP contribution in [-0.4, -0.2) is 80.1 Å². The van der Waals surface area contributed by atoms with Gasteiger partial charge in [0.1, 0.15) is 41.9 Å². The number of anilines is 4. The first-order valence-electron chi connectivity index (χ1n) is 18.5. The lowest BCUT2D eigenvalue weighted by molar-refractivity contribution is -0.115. The molecule has 0 aliphatic carbocycles. The second kappa shape index (κ2) is 19.3. The minimum absolute atomic E-state index is 0.0276. The Hall–Kier alpha value is -7.18. The Morgan fingerprint density at radius 2 is 1.13 bits per heavy atom. The summed E-state index contributed by atoms with van der Waals surface area (Å²) in [5.41, 5.74) is 1.41. The number of methoxy groups -OCH3 is 4. The molecule has 0 bridgehead atoms. The average molecular weight is 867 g/mol. The molecule has 0 radical (unpaired) electrons. The number of nitrogens with zero attached hydrogens (tertiary/aromatic N) is 4. The summed E-state index contributed by atoms with van der Waals surface area (Å²) in [5, 5.41) is 5.40. The maximum atomic E-state index is 14.2. The smallest absolute Gasteiger partial charge is 0.264 e.